The van der Waals surface area contributed by atoms with Crippen molar-refractivity contribution in [1.82, 2.24) is 15.1 Å². The van der Waals surface area contributed by atoms with Gasteiger partial charge >= 0.3 is 0 Å². The molecule has 1 aliphatic heterocycles. The molecule has 0 unspecified atom stereocenters. The number of hydrogen-bond donors (Lipinski definition) is 1. The lowest BCUT2D eigenvalue weighted by Crippen LogP contribution is -2.43. The summed E-state index contributed by atoms with van der Waals surface area (Å²) in [6.45, 7) is 6.99. The lowest BCUT2D eigenvalue weighted by molar-refractivity contribution is 0.0954. The maximum absolute atomic E-state index is 12.4. The fourth-order valence-corrected chi connectivity index (χ4v) is 3.95. The number of carbonyl (C=O) groups excluding carboxylic acids is 1. The van der Waals surface area contributed by atoms with Crippen molar-refractivity contribution in [3.8, 4) is 5.75 Å². The number of likely N-dealkylation sites (N-methyl/N-ethyl adjacent to an activating group) is 1. The minimum atomic E-state index is -0.0313. The molecule has 2 aromatic carbocycles. The van der Waals surface area contributed by atoms with Crippen LogP contribution < -0.4 is 10.1 Å². The average Bonchev–Trinajstić information content (AvgIpc) is 3.61. The second kappa shape index (κ2) is 10.8. The SMILES string of the molecule is CN1CCN(Cc2ccc(CCNC(=O)c3ccc(OCCC4CC4)cc3)cc2)CC1. The van der Waals surface area contributed by atoms with E-state index in [0.717, 1.165) is 63.8 Å². The van der Waals surface area contributed by atoms with Gasteiger partial charge in [0, 0.05) is 44.8 Å². The third-order valence-corrected chi connectivity index (χ3v) is 6.33. The van der Waals surface area contributed by atoms with Crippen LogP contribution in [0, 0.1) is 5.92 Å². The second-order valence-corrected chi connectivity index (χ2v) is 9.01. The molecule has 4 rings (SSSR count). The van der Waals surface area contributed by atoms with Crippen LogP contribution in [0.1, 0.15) is 40.7 Å². The predicted molar refractivity (Wildman–Crippen MR) is 125 cm³/mol. The van der Waals surface area contributed by atoms with Gasteiger partial charge in [-0.25, -0.2) is 0 Å². The zero-order valence-corrected chi connectivity index (χ0v) is 18.7. The Morgan fingerprint density at radius 3 is 2.32 bits per heavy atom. The second-order valence-electron chi connectivity index (χ2n) is 9.01. The van der Waals surface area contributed by atoms with E-state index in [9.17, 15) is 4.79 Å². The van der Waals surface area contributed by atoms with E-state index in [2.05, 4.69) is 46.4 Å². The molecule has 1 N–H and O–H groups in total. The first-order chi connectivity index (χ1) is 15.2. The van der Waals surface area contributed by atoms with Gasteiger partial charge in [0.2, 0.25) is 0 Å². The first-order valence-corrected chi connectivity index (χ1v) is 11.7. The highest BCUT2D eigenvalue weighted by molar-refractivity contribution is 5.94. The van der Waals surface area contributed by atoms with Gasteiger partial charge < -0.3 is 15.0 Å². The number of rotatable bonds is 10. The van der Waals surface area contributed by atoms with Crippen molar-refractivity contribution in [2.45, 2.75) is 32.2 Å². The Morgan fingerprint density at radius 2 is 1.65 bits per heavy atom. The summed E-state index contributed by atoms with van der Waals surface area (Å²) >= 11 is 0. The monoisotopic (exact) mass is 421 g/mol. The molecule has 31 heavy (non-hydrogen) atoms. The molecule has 2 fully saturated rings. The van der Waals surface area contributed by atoms with E-state index in [1.165, 1.54) is 24.0 Å². The van der Waals surface area contributed by atoms with Crippen LogP contribution in [0.15, 0.2) is 48.5 Å². The predicted octanol–water partition coefficient (Wildman–Crippen LogP) is 3.59. The zero-order chi connectivity index (χ0) is 21.5. The van der Waals surface area contributed by atoms with Gasteiger partial charge in [0.1, 0.15) is 5.75 Å². The topological polar surface area (TPSA) is 44.8 Å². The summed E-state index contributed by atoms with van der Waals surface area (Å²) in [6.07, 6.45) is 4.68. The van der Waals surface area contributed by atoms with E-state index in [1.807, 2.05) is 24.3 Å². The molecule has 5 heteroatoms. The highest BCUT2D eigenvalue weighted by Gasteiger charge is 2.20. The molecule has 2 aliphatic rings. The summed E-state index contributed by atoms with van der Waals surface area (Å²) < 4.78 is 5.76. The largest absolute Gasteiger partial charge is 0.494 e. The van der Waals surface area contributed by atoms with Crippen LogP contribution in [-0.4, -0.2) is 62.1 Å². The van der Waals surface area contributed by atoms with Crippen molar-refractivity contribution >= 4 is 5.91 Å². The van der Waals surface area contributed by atoms with Crippen LogP contribution in [0.3, 0.4) is 0 Å². The number of amides is 1. The van der Waals surface area contributed by atoms with Gasteiger partial charge in [-0.05, 0) is 61.2 Å². The molecular weight excluding hydrogens is 386 g/mol. The fraction of sp³-hybridized carbons (Fsp3) is 0.500. The number of piperazine rings is 1. The lowest BCUT2D eigenvalue weighted by Gasteiger charge is -2.32. The zero-order valence-electron chi connectivity index (χ0n) is 18.7. The third-order valence-electron chi connectivity index (χ3n) is 6.33. The molecule has 0 spiro atoms. The molecule has 1 aliphatic carbocycles. The Kier molecular flexibility index (Phi) is 7.60. The van der Waals surface area contributed by atoms with E-state index in [4.69, 9.17) is 4.74 Å². The summed E-state index contributed by atoms with van der Waals surface area (Å²) in [6, 6.07) is 16.3. The van der Waals surface area contributed by atoms with Crippen molar-refractivity contribution < 1.29 is 9.53 Å². The maximum Gasteiger partial charge on any atom is 0.251 e. The number of benzene rings is 2. The van der Waals surface area contributed by atoms with Gasteiger partial charge in [-0.1, -0.05) is 37.1 Å². The van der Waals surface area contributed by atoms with Crippen LogP contribution in [0.25, 0.3) is 0 Å². The quantitative estimate of drug-likeness (QED) is 0.637. The lowest BCUT2D eigenvalue weighted by atomic mass is 10.1. The molecule has 166 valence electrons. The van der Waals surface area contributed by atoms with Crippen molar-refractivity contribution in [2.24, 2.45) is 5.92 Å². The Hall–Kier alpha value is -2.37. The first-order valence-electron chi connectivity index (χ1n) is 11.7. The summed E-state index contributed by atoms with van der Waals surface area (Å²) in [4.78, 5) is 17.3. The Morgan fingerprint density at radius 1 is 0.968 bits per heavy atom. The van der Waals surface area contributed by atoms with Gasteiger partial charge in [0.25, 0.3) is 5.91 Å². The molecule has 0 atom stereocenters. The molecule has 1 amide bonds. The Bertz CT molecular complexity index is 823. The van der Waals surface area contributed by atoms with E-state index >= 15 is 0 Å². The van der Waals surface area contributed by atoms with Crippen LogP contribution >= 0.6 is 0 Å². The molecular formula is C26H35N3O2. The number of hydrogen-bond acceptors (Lipinski definition) is 4. The first kappa shape index (κ1) is 21.8. The van der Waals surface area contributed by atoms with Crippen LogP contribution in [0.4, 0.5) is 0 Å². The van der Waals surface area contributed by atoms with E-state index in [-0.39, 0.29) is 5.91 Å². The normalized spacial score (nSPS) is 17.5. The summed E-state index contributed by atoms with van der Waals surface area (Å²) in [5.41, 5.74) is 3.29. The Labute approximate surface area is 186 Å². The molecule has 1 saturated heterocycles. The number of ether oxygens (including phenoxy) is 1. The van der Waals surface area contributed by atoms with Crippen molar-refractivity contribution in [2.75, 3.05) is 46.4 Å². The van der Waals surface area contributed by atoms with Gasteiger partial charge in [-0.2, -0.15) is 0 Å². The summed E-state index contributed by atoms with van der Waals surface area (Å²) in [7, 11) is 2.19. The van der Waals surface area contributed by atoms with Crippen LogP contribution in [0.5, 0.6) is 5.75 Å². The van der Waals surface area contributed by atoms with Crippen LogP contribution in [-0.2, 0) is 13.0 Å². The average molecular weight is 422 g/mol. The minimum absolute atomic E-state index is 0.0313. The molecule has 2 aromatic rings. The molecule has 0 bridgehead atoms. The van der Waals surface area contributed by atoms with Crippen molar-refractivity contribution in [1.29, 1.82) is 0 Å². The van der Waals surface area contributed by atoms with Crippen molar-refractivity contribution in [3.05, 3.63) is 65.2 Å². The Balaban J connectivity index is 1.16. The fourth-order valence-electron chi connectivity index (χ4n) is 3.95. The van der Waals surface area contributed by atoms with Gasteiger partial charge in [0.15, 0.2) is 0 Å². The molecule has 1 heterocycles. The summed E-state index contributed by atoms with van der Waals surface area (Å²) in [5.74, 6) is 1.68. The number of carbonyl (C=O) groups is 1. The van der Waals surface area contributed by atoms with Crippen molar-refractivity contribution in [3.63, 3.8) is 0 Å². The van der Waals surface area contributed by atoms with E-state index < -0.39 is 0 Å². The number of nitrogens with zero attached hydrogens (tertiary/aromatic N) is 2. The molecule has 0 radical (unpaired) electrons. The van der Waals surface area contributed by atoms with E-state index in [1.54, 1.807) is 0 Å². The molecule has 1 saturated carbocycles. The third kappa shape index (κ3) is 7.08. The highest BCUT2D eigenvalue weighted by Crippen LogP contribution is 2.32. The van der Waals surface area contributed by atoms with Gasteiger partial charge in [-0.15, -0.1) is 0 Å². The van der Waals surface area contributed by atoms with Crippen LogP contribution in [0.2, 0.25) is 0 Å². The van der Waals surface area contributed by atoms with Gasteiger partial charge in [-0.3, -0.25) is 9.69 Å². The standard InChI is InChI=1S/C26H35N3O2/c1-28-15-17-29(18-16-28)20-23-6-4-21(5-7-23)12-14-27-26(30)24-8-10-25(11-9-24)31-19-13-22-2-3-22/h4-11,22H,2-3,12-20H2,1H3,(H,27,30). The summed E-state index contributed by atoms with van der Waals surface area (Å²) in [5, 5.41) is 3.03. The smallest absolute Gasteiger partial charge is 0.251 e. The van der Waals surface area contributed by atoms with E-state index in [0.29, 0.717) is 12.1 Å². The number of nitrogens with one attached hydrogen (secondary N) is 1. The molecule has 5 nitrogen and oxygen atoms in total. The van der Waals surface area contributed by atoms with Gasteiger partial charge in [0.05, 0.1) is 6.61 Å². The maximum atomic E-state index is 12.4. The molecule has 0 aromatic heterocycles. The minimum Gasteiger partial charge on any atom is -0.494 e. The highest BCUT2D eigenvalue weighted by atomic mass is 16.5.